The van der Waals surface area contributed by atoms with Crippen LogP contribution in [0.2, 0.25) is 0 Å². The van der Waals surface area contributed by atoms with Gasteiger partial charge in [-0.25, -0.2) is 18.2 Å². The lowest BCUT2D eigenvalue weighted by molar-refractivity contribution is 0.0784. The van der Waals surface area contributed by atoms with Crippen molar-refractivity contribution in [1.82, 2.24) is 9.97 Å². The smallest absolute Gasteiger partial charge is 0.185 e. The van der Waals surface area contributed by atoms with Crippen molar-refractivity contribution < 1.29 is 32.5 Å². The molecule has 1 aromatic carbocycles. The first-order valence-electron chi connectivity index (χ1n) is 12.1. The minimum Gasteiger partial charge on any atom is -0.491 e. The third kappa shape index (κ3) is 5.95. The van der Waals surface area contributed by atoms with Crippen LogP contribution in [0.25, 0.3) is 11.3 Å². The molecule has 1 aliphatic rings. The van der Waals surface area contributed by atoms with Gasteiger partial charge in [0.15, 0.2) is 5.78 Å². The first-order chi connectivity index (χ1) is 18.2. The summed E-state index contributed by atoms with van der Waals surface area (Å²) in [5.74, 6) is -3.81. The molecule has 1 saturated heterocycles. The number of hydrogen-bond donors (Lipinski definition) is 2. The van der Waals surface area contributed by atoms with Gasteiger partial charge in [-0.3, -0.25) is 9.78 Å². The minimum absolute atomic E-state index is 0.0739. The van der Waals surface area contributed by atoms with Crippen LogP contribution in [-0.2, 0) is 11.2 Å². The van der Waals surface area contributed by atoms with Crippen LogP contribution in [0, 0.1) is 23.4 Å². The van der Waals surface area contributed by atoms with Gasteiger partial charge in [0, 0.05) is 74.4 Å². The molecule has 3 atom stereocenters. The molecule has 1 aliphatic heterocycles. The van der Waals surface area contributed by atoms with Crippen LogP contribution in [0.5, 0.6) is 5.75 Å². The SMILES string of the molecule is COCCOc1cc(F)c(-c2nc(C(=O)Cc3cnccc3N3C[C@@H](N)[C@H](O)[C@@H](C)C3)ccc2F)c(F)c1. The highest BCUT2D eigenvalue weighted by atomic mass is 19.1. The molecule has 0 spiro atoms. The summed E-state index contributed by atoms with van der Waals surface area (Å²) in [6.45, 7) is 3.10. The van der Waals surface area contributed by atoms with Gasteiger partial charge in [0.05, 0.1) is 18.3 Å². The van der Waals surface area contributed by atoms with E-state index < -0.39 is 46.6 Å². The molecule has 0 saturated carbocycles. The molecule has 3 N–H and O–H groups in total. The fourth-order valence-corrected chi connectivity index (χ4v) is 4.51. The number of nitrogens with zero attached hydrogens (tertiary/aromatic N) is 3. The topological polar surface area (TPSA) is 111 Å². The minimum atomic E-state index is -1.08. The highest BCUT2D eigenvalue weighted by molar-refractivity contribution is 5.97. The van der Waals surface area contributed by atoms with Gasteiger partial charge in [0.2, 0.25) is 0 Å². The molecule has 3 aromatic rings. The van der Waals surface area contributed by atoms with Crippen molar-refractivity contribution in [3.8, 4) is 17.0 Å². The lowest BCUT2D eigenvalue weighted by atomic mass is 9.92. The maximum absolute atomic E-state index is 14.8. The predicted molar refractivity (Wildman–Crippen MR) is 135 cm³/mol. The molecule has 4 rings (SSSR count). The lowest BCUT2D eigenvalue weighted by Gasteiger charge is -2.40. The van der Waals surface area contributed by atoms with Crippen LogP contribution in [0.15, 0.2) is 42.7 Å². The Labute approximate surface area is 218 Å². The van der Waals surface area contributed by atoms with E-state index in [4.69, 9.17) is 15.2 Å². The Morgan fingerprint density at radius 2 is 1.87 bits per heavy atom. The first-order valence-corrected chi connectivity index (χ1v) is 12.1. The summed E-state index contributed by atoms with van der Waals surface area (Å²) < 4.78 is 54.4. The number of Topliss-reactive ketones (excluding diaryl/α,β-unsaturated/α-hetero) is 1. The fraction of sp³-hybridized carbons (Fsp3) is 0.370. The van der Waals surface area contributed by atoms with Gasteiger partial charge in [-0.1, -0.05) is 6.92 Å². The molecule has 38 heavy (non-hydrogen) atoms. The number of methoxy groups -OCH3 is 1. The number of ether oxygens (including phenoxy) is 2. The van der Waals surface area contributed by atoms with Crippen LogP contribution in [0.3, 0.4) is 0 Å². The van der Waals surface area contributed by atoms with Crippen LogP contribution in [-0.4, -0.2) is 66.4 Å². The predicted octanol–water partition coefficient (Wildman–Crippen LogP) is 3.16. The van der Waals surface area contributed by atoms with Gasteiger partial charge in [-0.05, 0) is 18.2 Å². The zero-order valence-corrected chi connectivity index (χ0v) is 21.0. The van der Waals surface area contributed by atoms with Crippen LogP contribution < -0.4 is 15.4 Å². The Hall–Kier alpha value is -3.54. The van der Waals surface area contributed by atoms with E-state index in [-0.39, 0.29) is 37.0 Å². The van der Waals surface area contributed by atoms with Crippen molar-refractivity contribution in [3.63, 3.8) is 0 Å². The van der Waals surface area contributed by atoms with Gasteiger partial charge < -0.3 is 25.2 Å². The van der Waals surface area contributed by atoms with Gasteiger partial charge in [-0.2, -0.15) is 0 Å². The van der Waals surface area contributed by atoms with Gasteiger partial charge in [0.1, 0.15) is 41.2 Å². The lowest BCUT2D eigenvalue weighted by Crippen LogP contribution is -2.55. The number of ketones is 1. The maximum atomic E-state index is 14.8. The van der Waals surface area contributed by atoms with Crippen molar-refractivity contribution in [2.75, 3.05) is 38.3 Å². The van der Waals surface area contributed by atoms with Crippen LogP contribution in [0.1, 0.15) is 23.0 Å². The molecule has 0 amide bonds. The summed E-state index contributed by atoms with van der Waals surface area (Å²) in [7, 11) is 1.46. The number of rotatable bonds is 9. The summed E-state index contributed by atoms with van der Waals surface area (Å²) in [5.41, 5.74) is 5.92. The van der Waals surface area contributed by atoms with E-state index in [1.165, 1.54) is 13.2 Å². The number of aromatic nitrogens is 2. The molecule has 0 bridgehead atoms. The molecule has 8 nitrogen and oxygen atoms in total. The quantitative estimate of drug-likeness (QED) is 0.321. The Bertz CT molecular complexity index is 1270. The van der Waals surface area contributed by atoms with Gasteiger partial charge in [0.25, 0.3) is 0 Å². The third-order valence-electron chi connectivity index (χ3n) is 6.47. The van der Waals surface area contributed by atoms with E-state index in [0.29, 0.717) is 18.7 Å². The molecule has 1 fully saturated rings. The normalized spacial score (nSPS) is 19.4. The van der Waals surface area contributed by atoms with E-state index in [1.54, 1.807) is 18.5 Å². The van der Waals surface area contributed by atoms with Crippen LogP contribution in [0.4, 0.5) is 18.9 Å². The zero-order chi connectivity index (χ0) is 27.4. The first kappa shape index (κ1) is 27.5. The summed E-state index contributed by atoms with van der Waals surface area (Å²) in [6.07, 6.45) is 2.36. The number of nitrogens with two attached hydrogens (primary N) is 1. The Kier molecular flexibility index (Phi) is 8.60. The number of hydrogen-bond acceptors (Lipinski definition) is 8. The molecule has 3 heterocycles. The highest BCUT2D eigenvalue weighted by Crippen LogP contribution is 2.31. The average Bonchev–Trinajstić information content (AvgIpc) is 2.88. The van der Waals surface area contributed by atoms with E-state index in [1.807, 2.05) is 11.8 Å². The molecule has 0 radical (unpaired) electrons. The molecule has 11 heteroatoms. The van der Waals surface area contributed by atoms with E-state index in [0.717, 1.165) is 23.9 Å². The maximum Gasteiger partial charge on any atom is 0.185 e. The number of aliphatic hydroxyl groups is 1. The van der Waals surface area contributed by atoms with E-state index in [9.17, 15) is 23.1 Å². The summed E-state index contributed by atoms with van der Waals surface area (Å²) in [4.78, 5) is 23.3. The van der Waals surface area contributed by atoms with Crippen molar-refractivity contribution in [2.24, 2.45) is 11.7 Å². The standard InChI is InChI=1S/C27H29F3N4O4/c1-15-13-34(14-21(31)27(15)36)23-5-6-32-12-16(23)9-24(35)22-4-3-18(28)26(33-22)25-19(29)10-17(11-20(25)30)38-8-7-37-2/h3-6,10-12,15,21,27,36H,7-9,13-14,31H2,1-2H3/t15-,21+,27+/m0/s1. The van der Waals surface area contributed by atoms with Gasteiger partial charge in [-0.15, -0.1) is 0 Å². The Balaban J connectivity index is 1.59. The third-order valence-corrected chi connectivity index (χ3v) is 6.47. The molecule has 0 unspecified atom stereocenters. The molecule has 2 aromatic heterocycles. The average molecular weight is 531 g/mol. The Morgan fingerprint density at radius 1 is 1.13 bits per heavy atom. The number of anilines is 1. The highest BCUT2D eigenvalue weighted by Gasteiger charge is 2.32. The molecule has 0 aliphatic carbocycles. The van der Waals surface area contributed by atoms with Crippen molar-refractivity contribution in [3.05, 3.63) is 71.4 Å². The van der Waals surface area contributed by atoms with E-state index in [2.05, 4.69) is 9.97 Å². The number of halogens is 3. The van der Waals surface area contributed by atoms with Crippen LogP contribution >= 0.6 is 0 Å². The van der Waals surface area contributed by atoms with Crippen molar-refractivity contribution in [1.29, 1.82) is 0 Å². The monoisotopic (exact) mass is 530 g/mol. The molecule has 202 valence electrons. The van der Waals surface area contributed by atoms with E-state index >= 15 is 0 Å². The Morgan fingerprint density at radius 3 is 2.55 bits per heavy atom. The van der Waals surface area contributed by atoms with Crippen molar-refractivity contribution >= 4 is 11.5 Å². The molecular formula is C27H29F3N4O4. The second-order valence-electron chi connectivity index (χ2n) is 9.27. The number of pyridine rings is 2. The number of carbonyl (C=O) groups excluding carboxylic acids is 1. The van der Waals surface area contributed by atoms with Crippen molar-refractivity contribution in [2.45, 2.75) is 25.5 Å². The number of benzene rings is 1. The second kappa shape index (κ2) is 11.9. The molecular weight excluding hydrogens is 501 g/mol. The summed E-state index contributed by atoms with van der Waals surface area (Å²) >= 11 is 0. The second-order valence-corrected chi connectivity index (χ2v) is 9.27. The van der Waals surface area contributed by atoms with Gasteiger partial charge >= 0.3 is 0 Å². The number of carbonyl (C=O) groups is 1. The zero-order valence-electron chi connectivity index (χ0n) is 21.0. The number of aliphatic hydroxyl groups excluding tert-OH is 1. The fourth-order valence-electron chi connectivity index (χ4n) is 4.51. The largest absolute Gasteiger partial charge is 0.491 e. The summed E-state index contributed by atoms with van der Waals surface area (Å²) in [5, 5.41) is 10.2. The summed E-state index contributed by atoms with van der Waals surface area (Å²) in [6, 6.07) is 5.27. The number of piperidine rings is 1.